The lowest BCUT2D eigenvalue weighted by molar-refractivity contribution is -0.119. The van der Waals surface area contributed by atoms with Gasteiger partial charge in [-0.25, -0.2) is 4.39 Å². The summed E-state index contributed by atoms with van der Waals surface area (Å²) in [6, 6.07) is 4.43. The predicted octanol–water partition coefficient (Wildman–Crippen LogP) is 1.42. The third-order valence-corrected chi connectivity index (χ3v) is 4.74. The van der Waals surface area contributed by atoms with E-state index in [1.807, 2.05) is 6.92 Å². The van der Waals surface area contributed by atoms with Crippen molar-refractivity contribution in [3.8, 4) is 0 Å². The minimum absolute atomic E-state index is 0.242. The number of carbonyl (C=O) groups is 2. The van der Waals surface area contributed by atoms with Crippen LogP contribution in [0.3, 0.4) is 0 Å². The first kappa shape index (κ1) is 21.7. The number of nitrogens with one attached hydrogen (secondary N) is 2. The Morgan fingerprint density at radius 2 is 2.14 bits per heavy atom. The Kier molecular flexibility index (Phi) is 8.22. The topological polar surface area (TPSA) is 99.8 Å². The van der Waals surface area contributed by atoms with Crippen molar-refractivity contribution in [2.45, 2.75) is 33.1 Å². The summed E-state index contributed by atoms with van der Waals surface area (Å²) in [4.78, 5) is 30.0. The van der Waals surface area contributed by atoms with E-state index in [-0.39, 0.29) is 17.7 Å². The number of aliphatic imine (C=N–C) groups is 1. The zero-order chi connectivity index (χ0) is 20.5. The second-order valence-electron chi connectivity index (χ2n) is 7.08. The molecule has 1 saturated heterocycles. The average molecular weight is 391 g/mol. The van der Waals surface area contributed by atoms with Crippen molar-refractivity contribution >= 4 is 17.8 Å². The number of likely N-dealkylation sites (tertiary alicyclic amines) is 1. The molecule has 2 rings (SSSR count). The Morgan fingerprint density at radius 3 is 2.82 bits per heavy atom. The second kappa shape index (κ2) is 10.6. The molecule has 2 amide bonds. The fraction of sp³-hybridized carbons (Fsp3) is 0.550. The number of hydrogen-bond donors (Lipinski definition) is 3. The summed E-state index contributed by atoms with van der Waals surface area (Å²) in [6.07, 6.45) is 2.36. The number of amides is 2. The van der Waals surface area contributed by atoms with Crippen molar-refractivity contribution in [3.63, 3.8) is 0 Å². The number of primary amides is 1. The van der Waals surface area contributed by atoms with Gasteiger partial charge in [0.2, 0.25) is 5.91 Å². The zero-order valence-electron chi connectivity index (χ0n) is 16.6. The highest BCUT2D eigenvalue weighted by atomic mass is 19.1. The van der Waals surface area contributed by atoms with Crippen LogP contribution in [0.15, 0.2) is 23.2 Å². The standard InChI is InChI=1S/C20H30FN5O2/c1-3-23-20(26-10-4-5-15(13-26)11-18(22)27)25-9-8-24-19(28)16-7-6-14(2)17(21)12-16/h6-7,12,15H,3-5,8-11,13H2,1-2H3,(H2,22,27)(H,23,25)(H,24,28). The molecule has 1 heterocycles. The fourth-order valence-electron chi connectivity index (χ4n) is 3.30. The van der Waals surface area contributed by atoms with Gasteiger partial charge in [0, 0.05) is 38.2 Å². The van der Waals surface area contributed by atoms with Gasteiger partial charge in [0.05, 0.1) is 6.54 Å². The molecule has 0 radical (unpaired) electrons. The Labute approximate surface area is 165 Å². The number of halogens is 1. The van der Waals surface area contributed by atoms with Crippen LogP contribution in [-0.2, 0) is 4.79 Å². The van der Waals surface area contributed by atoms with Crippen molar-refractivity contribution in [1.29, 1.82) is 0 Å². The number of piperidine rings is 1. The van der Waals surface area contributed by atoms with Gasteiger partial charge in [-0.3, -0.25) is 14.6 Å². The lowest BCUT2D eigenvalue weighted by Crippen LogP contribution is -2.47. The van der Waals surface area contributed by atoms with E-state index < -0.39 is 5.82 Å². The number of carbonyl (C=O) groups excluding carboxylic acids is 2. The van der Waals surface area contributed by atoms with E-state index in [1.165, 1.54) is 6.07 Å². The molecule has 1 aromatic rings. The van der Waals surface area contributed by atoms with E-state index in [1.54, 1.807) is 19.1 Å². The molecule has 1 aliphatic heterocycles. The Bertz CT molecular complexity index is 723. The Balaban J connectivity index is 1.88. The van der Waals surface area contributed by atoms with E-state index in [4.69, 9.17) is 5.73 Å². The highest BCUT2D eigenvalue weighted by Gasteiger charge is 2.23. The van der Waals surface area contributed by atoms with Gasteiger partial charge in [0.15, 0.2) is 5.96 Å². The van der Waals surface area contributed by atoms with E-state index in [2.05, 4.69) is 20.5 Å². The molecule has 28 heavy (non-hydrogen) atoms. The molecule has 1 fully saturated rings. The molecule has 1 aliphatic rings. The van der Waals surface area contributed by atoms with Crippen LogP contribution < -0.4 is 16.4 Å². The van der Waals surface area contributed by atoms with Gasteiger partial charge < -0.3 is 21.3 Å². The summed E-state index contributed by atoms with van der Waals surface area (Å²) in [7, 11) is 0. The largest absolute Gasteiger partial charge is 0.370 e. The minimum Gasteiger partial charge on any atom is -0.370 e. The van der Waals surface area contributed by atoms with Crippen molar-refractivity contribution in [3.05, 3.63) is 35.1 Å². The Morgan fingerprint density at radius 1 is 1.36 bits per heavy atom. The SMILES string of the molecule is CCNC(=NCCNC(=O)c1ccc(C)c(F)c1)N1CCCC(CC(N)=O)C1. The predicted molar refractivity (Wildman–Crippen MR) is 108 cm³/mol. The summed E-state index contributed by atoms with van der Waals surface area (Å²) in [5.74, 6) is 0.0249. The second-order valence-corrected chi connectivity index (χ2v) is 7.08. The van der Waals surface area contributed by atoms with Gasteiger partial charge in [-0.05, 0) is 50.3 Å². The van der Waals surface area contributed by atoms with Crippen LogP contribution >= 0.6 is 0 Å². The number of nitrogens with zero attached hydrogens (tertiary/aromatic N) is 2. The third kappa shape index (κ3) is 6.51. The van der Waals surface area contributed by atoms with E-state index in [0.29, 0.717) is 30.6 Å². The lowest BCUT2D eigenvalue weighted by Gasteiger charge is -2.34. The zero-order valence-corrected chi connectivity index (χ0v) is 16.6. The summed E-state index contributed by atoms with van der Waals surface area (Å²) in [6.45, 7) is 6.74. The van der Waals surface area contributed by atoms with Gasteiger partial charge in [-0.1, -0.05) is 6.07 Å². The van der Waals surface area contributed by atoms with Crippen molar-refractivity contribution in [1.82, 2.24) is 15.5 Å². The number of aryl methyl sites for hydroxylation is 1. The normalized spacial score (nSPS) is 17.3. The molecule has 0 saturated carbocycles. The number of hydrogen-bond acceptors (Lipinski definition) is 3. The molecule has 4 N–H and O–H groups in total. The third-order valence-electron chi connectivity index (χ3n) is 4.74. The Hall–Kier alpha value is -2.64. The van der Waals surface area contributed by atoms with Crippen molar-refractivity contribution < 1.29 is 14.0 Å². The first-order chi connectivity index (χ1) is 13.4. The molecule has 1 unspecified atom stereocenters. The number of benzene rings is 1. The van der Waals surface area contributed by atoms with Gasteiger partial charge in [0.25, 0.3) is 5.91 Å². The van der Waals surface area contributed by atoms with Gasteiger partial charge in [0.1, 0.15) is 5.82 Å². The van der Waals surface area contributed by atoms with E-state index in [9.17, 15) is 14.0 Å². The molecule has 1 atom stereocenters. The fourth-order valence-corrected chi connectivity index (χ4v) is 3.30. The summed E-state index contributed by atoms with van der Waals surface area (Å²) in [5, 5.41) is 6.02. The molecule has 1 aromatic carbocycles. The van der Waals surface area contributed by atoms with Crippen LogP contribution in [0, 0.1) is 18.7 Å². The summed E-state index contributed by atoms with van der Waals surface area (Å²) < 4.78 is 13.6. The van der Waals surface area contributed by atoms with Gasteiger partial charge in [-0.15, -0.1) is 0 Å². The minimum atomic E-state index is -0.393. The maximum absolute atomic E-state index is 13.6. The van der Waals surface area contributed by atoms with Crippen LogP contribution in [0.25, 0.3) is 0 Å². The molecule has 0 aromatic heterocycles. The highest BCUT2D eigenvalue weighted by molar-refractivity contribution is 5.94. The molecular formula is C20H30FN5O2. The van der Waals surface area contributed by atoms with Crippen LogP contribution in [0.4, 0.5) is 4.39 Å². The van der Waals surface area contributed by atoms with Crippen molar-refractivity contribution in [2.24, 2.45) is 16.6 Å². The molecule has 0 aliphatic carbocycles. The summed E-state index contributed by atoms with van der Waals surface area (Å²) >= 11 is 0. The number of nitrogens with two attached hydrogens (primary N) is 1. The molecule has 154 valence electrons. The maximum Gasteiger partial charge on any atom is 0.251 e. The summed E-state index contributed by atoms with van der Waals surface area (Å²) in [5.41, 5.74) is 6.13. The van der Waals surface area contributed by atoms with Crippen LogP contribution in [0.1, 0.15) is 42.1 Å². The molecule has 0 spiro atoms. The number of guanidine groups is 1. The molecule has 7 nitrogen and oxygen atoms in total. The quantitative estimate of drug-likeness (QED) is 0.372. The van der Waals surface area contributed by atoms with Crippen LogP contribution in [0.2, 0.25) is 0 Å². The average Bonchev–Trinajstić information content (AvgIpc) is 2.66. The first-order valence-corrected chi connectivity index (χ1v) is 9.76. The highest BCUT2D eigenvalue weighted by Crippen LogP contribution is 2.19. The number of rotatable bonds is 7. The van der Waals surface area contributed by atoms with E-state index in [0.717, 1.165) is 38.4 Å². The molecule has 8 heteroatoms. The van der Waals surface area contributed by atoms with E-state index >= 15 is 0 Å². The van der Waals surface area contributed by atoms with Crippen LogP contribution in [0.5, 0.6) is 0 Å². The molecule has 0 bridgehead atoms. The van der Waals surface area contributed by atoms with Crippen molar-refractivity contribution in [2.75, 3.05) is 32.7 Å². The van der Waals surface area contributed by atoms with Gasteiger partial charge >= 0.3 is 0 Å². The van der Waals surface area contributed by atoms with Gasteiger partial charge in [-0.2, -0.15) is 0 Å². The lowest BCUT2D eigenvalue weighted by atomic mass is 9.95. The molecular weight excluding hydrogens is 361 g/mol. The monoisotopic (exact) mass is 391 g/mol. The smallest absolute Gasteiger partial charge is 0.251 e. The maximum atomic E-state index is 13.6. The van der Waals surface area contributed by atoms with Crippen LogP contribution in [-0.4, -0.2) is 55.4 Å². The first-order valence-electron chi connectivity index (χ1n) is 9.76.